The summed E-state index contributed by atoms with van der Waals surface area (Å²) in [6.45, 7) is 2.84. The third-order valence-corrected chi connectivity index (χ3v) is 8.32. The van der Waals surface area contributed by atoms with E-state index in [-0.39, 0.29) is 11.3 Å². The van der Waals surface area contributed by atoms with Crippen molar-refractivity contribution < 1.29 is 0 Å². The molecule has 0 heterocycles. The Bertz CT molecular complexity index is 1830. The van der Waals surface area contributed by atoms with Gasteiger partial charge in [0.2, 0.25) is 0 Å². The molecule has 6 aromatic rings. The summed E-state index contributed by atoms with van der Waals surface area (Å²) in [5.41, 5.74) is 24.8. The van der Waals surface area contributed by atoms with Gasteiger partial charge in [-0.15, -0.1) is 0 Å². The van der Waals surface area contributed by atoms with Gasteiger partial charge >= 0.3 is 0 Å². The van der Waals surface area contributed by atoms with E-state index in [9.17, 15) is 0 Å². The second kappa shape index (κ2) is 11.9. The molecule has 210 valence electrons. The van der Waals surface area contributed by atoms with Crippen LogP contribution >= 0.6 is 0 Å². The fourth-order valence-corrected chi connectivity index (χ4v) is 6.44. The molecule has 0 fully saturated rings. The van der Waals surface area contributed by atoms with E-state index in [4.69, 9.17) is 16.9 Å². The number of hydrogen-bond acceptors (Lipinski definition) is 2. The van der Waals surface area contributed by atoms with Crippen LogP contribution in [-0.4, -0.2) is 5.84 Å². The van der Waals surface area contributed by atoms with Gasteiger partial charge in [-0.25, -0.2) is 0 Å². The molecule has 0 bridgehead atoms. The lowest BCUT2D eigenvalue weighted by Gasteiger charge is -2.30. The summed E-state index contributed by atoms with van der Waals surface area (Å²) >= 11 is 0. The Balaban J connectivity index is 0.000000159. The van der Waals surface area contributed by atoms with E-state index < -0.39 is 0 Å². The summed E-state index contributed by atoms with van der Waals surface area (Å²) in [5, 5.41) is 7.01. The van der Waals surface area contributed by atoms with E-state index in [1.54, 1.807) is 0 Å². The highest BCUT2D eigenvalue weighted by Crippen LogP contribution is 2.62. The molecule has 0 aromatic heterocycles. The summed E-state index contributed by atoms with van der Waals surface area (Å²) in [7, 11) is 0. The van der Waals surface area contributed by atoms with Crippen molar-refractivity contribution in [2.75, 3.05) is 0 Å². The van der Waals surface area contributed by atoms with Crippen LogP contribution in [0.1, 0.15) is 38.9 Å². The first-order valence-electron chi connectivity index (χ1n) is 14.6. The molecule has 0 radical (unpaired) electrons. The van der Waals surface area contributed by atoms with Crippen LogP contribution in [0.3, 0.4) is 0 Å². The van der Waals surface area contributed by atoms with Gasteiger partial charge in [0.05, 0.1) is 5.41 Å². The molecule has 5 N–H and O–H groups in total. The van der Waals surface area contributed by atoms with Crippen molar-refractivity contribution in [3.05, 3.63) is 191 Å². The Kier molecular flexibility index (Phi) is 7.74. The number of amidine groups is 1. The van der Waals surface area contributed by atoms with Crippen molar-refractivity contribution in [3.63, 3.8) is 0 Å². The topological polar surface area (TPSA) is 75.9 Å². The van der Waals surface area contributed by atoms with Gasteiger partial charge in [0.15, 0.2) is 0 Å². The minimum Gasteiger partial charge on any atom is -0.384 e. The van der Waals surface area contributed by atoms with Gasteiger partial charge in [-0.3, -0.25) is 5.41 Å². The maximum absolute atomic E-state index is 7.01. The second-order valence-corrected chi connectivity index (χ2v) is 10.9. The minimum absolute atomic E-state index is 0.121. The zero-order chi connectivity index (χ0) is 29.8. The number of nitrogen functional groups attached to an aromatic ring is 1. The summed E-state index contributed by atoms with van der Waals surface area (Å²) < 4.78 is 0. The average Bonchev–Trinajstić information content (AvgIpc) is 3.53. The molecule has 0 amide bonds. The summed E-state index contributed by atoms with van der Waals surface area (Å²) in [4.78, 5) is 0. The molecule has 0 unspecified atom stereocenters. The van der Waals surface area contributed by atoms with E-state index in [0.29, 0.717) is 6.54 Å². The summed E-state index contributed by atoms with van der Waals surface area (Å²) in [5.74, 6) is 0.121. The van der Waals surface area contributed by atoms with Crippen LogP contribution in [0.5, 0.6) is 0 Å². The molecular weight excluding hydrogens is 522 g/mol. The van der Waals surface area contributed by atoms with Crippen molar-refractivity contribution in [2.24, 2.45) is 11.5 Å². The highest BCUT2D eigenvalue weighted by atomic mass is 14.7. The largest absolute Gasteiger partial charge is 0.384 e. The van der Waals surface area contributed by atoms with Gasteiger partial charge < -0.3 is 11.5 Å². The van der Waals surface area contributed by atoms with Crippen LogP contribution < -0.4 is 11.5 Å². The molecule has 0 saturated carbocycles. The Morgan fingerprint density at radius 3 is 1.37 bits per heavy atom. The molecule has 3 heteroatoms. The fourth-order valence-electron chi connectivity index (χ4n) is 6.44. The molecule has 6 aromatic carbocycles. The molecule has 43 heavy (non-hydrogen) atoms. The first-order chi connectivity index (χ1) is 21.1. The lowest BCUT2D eigenvalue weighted by Crippen LogP contribution is -2.25. The van der Waals surface area contributed by atoms with Crippen molar-refractivity contribution in [1.82, 2.24) is 0 Å². The molecule has 0 atom stereocenters. The van der Waals surface area contributed by atoms with Gasteiger partial charge in [-0.2, -0.15) is 0 Å². The maximum atomic E-state index is 7.01. The van der Waals surface area contributed by atoms with Gasteiger partial charge in [0.1, 0.15) is 5.84 Å². The minimum atomic E-state index is -0.189. The van der Waals surface area contributed by atoms with Crippen LogP contribution in [0.2, 0.25) is 0 Å². The normalized spacial score (nSPS) is 12.4. The van der Waals surface area contributed by atoms with E-state index in [1.165, 1.54) is 55.6 Å². The third kappa shape index (κ3) is 4.94. The van der Waals surface area contributed by atoms with Crippen molar-refractivity contribution in [1.29, 1.82) is 5.41 Å². The predicted octanol–water partition coefficient (Wildman–Crippen LogP) is 8.45. The summed E-state index contributed by atoms with van der Waals surface area (Å²) in [6, 6.07) is 53.0. The summed E-state index contributed by atoms with van der Waals surface area (Å²) in [6.07, 6.45) is 0. The number of benzene rings is 6. The average molecular weight is 558 g/mol. The van der Waals surface area contributed by atoms with Gasteiger partial charge in [-0.1, -0.05) is 157 Å². The number of nitrogens with one attached hydrogen (secondary N) is 1. The van der Waals surface area contributed by atoms with Crippen LogP contribution in [0.4, 0.5) is 0 Å². The molecule has 3 nitrogen and oxygen atoms in total. The van der Waals surface area contributed by atoms with Crippen LogP contribution in [0.25, 0.3) is 22.3 Å². The molecule has 0 saturated heterocycles. The molecule has 2 aliphatic carbocycles. The third-order valence-electron chi connectivity index (χ3n) is 8.32. The van der Waals surface area contributed by atoms with Crippen LogP contribution in [0.15, 0.2) is 152 Å². The van der Waals surface area contributed by atoms with E-state index in [0.717, 1.165) is 5.56 Å². The Hall–Kier alpha value is -5.25. The van der Waals surface area contributed by atoms with Gasteiger partial charge in [-0.05, 0) is 57.0 Å². The Morgan fingerprint density at radius 1 is 0.535 bits per heavy atom. The zero-order valence-electron chi connectivity index (χ0n) is 24.3. The molecular formula is C40H35N3. The SMILES string of the molecule is Cc1ccc2c(c1)C1(c3ccccc3-c3ccccc31)c1ccccc1-2.N=C(N)c1ccccc1.NCc1ccccc1. The highest BCUT2D eigenvalue weighted by molar-refractivity contribution is 5.95. The van der Waals surface area contributed by atoms with E-state index in [2.05, 4.69) is 97.9 Å². The van der Waals surface area contributed by atoms with Crippen LogP contribution in [-0.2, 0) is 12.0 Å². The fraction of sp³-hybridized carbons (Fsp3) is 0.0750. The number of aryl methyl sites for hydroxylation is 1. The quantitative estimate of drug-likeness (QED) is 0.147. The first-order valence-corrected chi connectivity index (χ1v) is 14.6. The van der Waals surface area contributed by atoms with E-state index in [1.807, 2.05) is 60.7 Å². The van der Waals surface area contributed by atoms with Gasteiger partial charge in [0.25, 0.3) is 0 Å². The Labute approximate surface area is 254 Å². The van der Waals surface area contributed by atoms with Crippen molar-refractivity contribution >= 4 is 5.84 Å². The first kappa shape index (κ1) is 27.9. The molecule has 2 aliphatic rings. The van der Waals surface area contributed by atoms with Crippen molar-refractivity contribution in [2.45, 2.75) is 18.9 Å². The maximum Gasteiger partial charge on any atom is 0.122 e. The lowest BCUT2D eigenvalue weighted by atomic mass is 9.70. The number of nitrogens with two attached hydrogens (primary N) is 2. The second-order valence-electron chi connectivity index (χ2n) is 10.9. The molecule has 8 rings (SSSR count). The molecule has 1 spiro atoms. The zero-order valence-corrected chi connectivity index (χ0v) is 24.3. The van der Waals surface area contributed by atoms with E-state index >= 15 is 0 Å². The monoisotopic (exact) mass is 557 g/mol. The Morgan fingerprint density at radius 2 is 0.953 bits per heavy atom. The lowest BCUT2D eigenvalue weighted by molar-refractivity contribution is 0.792. The predicted molar refractivity (Wildman–Crippen MR) is 179 cm³/mol. The number of hydrogen-bond donors (Lipinski definition) is 3. The van der Waals surface area contributed by atoms with Crippen LogP contribution in [0, 0.1) is 12.3 Å². The molecule has 0 aliphatic heterocycles. The van der Waals surface area contributed by atoms with Crippen molar-refractivity contribution in [3.8, 4) is 22.3 Å². The number of fused-ring (bicyclic) bond motifs is 10. The standard InChI is InChI=1S/C26H18.C7H8N2.C7H9N/c1-17-14-15-21-20-10-4-7-13-24(20)26(25(21)16-17)22-11-5-2-8-18(22)19-9-3-6-12-23(19)26;8-7(9)6-4-2-1-3-5-6;8-6-7-4-2-1-3-5-7/h2-16H,1H3;1-5H,(H3,8,9);1-5H,6,8H2. The highest BCUT2D eigenvalue weighted by Gasteiger charge is 2.51. The smallest absolute Gasteiger partial charge is 0.122 e. The number of rotatable bonds is 2. The van der Waals surface area contributed by atoms with Gasteiger partial charge in [0, 0.05) is 12.1 Å².